The number of benzene rings is 5. The Kier molecular flexibility index (Phi) is 10.8. The minimum atomic E-state index is -0.495. The minimum absolute atomic E-state index is 0.0817. The number of nitrogens with zero attached hydrogens (tertiary/aromatic N) is 1. The fraction of sp³-hybridized carbons (Fsp3) is 0.0732. The monoisotopic (exact) mass is 692 g/mol. The number of hydrogen-bond acceptors (Lipinski definition) is 6. The predicted molar refractivity (Wildman–Crippen MR) is 204 cm³/mol. The fourth-order valence-corrected chi connectivity index (χ4v) is 7.33. The van der Waals surface area contributed by atoms with Gasteiger partial charge in [-0.1, -0.05) is 104 Å². The van der Waals surface area contributed by atoms with E-state index in [4.69, 9.17) is 0 Å². The molecule has 0 bridgehead atoms. The van der Waals surface area contributed by atoms with Crippen LogP contribution in [0.15, 0.2) is 143 Å². The molecule has 0 aliphatic carbocycles. The number of amides is 3. The Labute approximate surface area is 298 Å². The van der Waals surface area contributed by atoms with Crippen molar-refractivity contribution in [2.45, 2.75) is 23.5 Å². The number of nitriles is 1. The van der Waals surface area contributed by atoms with E-state index in [9.17, 15) is 19.6 Å². The summed E-state index contributed by atoms with van der Waals surface area (Å²) in [6.45, 7) is 1.93. The first-order valence-electron chi connectivity index (χ1n) is 15.9. The maximum atomic E-state index is 13.8. The molecule has 1 heterocycles. The number of nitrogens with one attached hydrogen (secondary N) is 3. The maximum absolute atomic E-state index is 13.8. The first kappa shape index (κ1) is 33.9. The summed E-state index contributed by atoms with van der Waals surface area (Å²) in [6.07, 6.45) is 2.22. The van der Waals surface area contributed by atoms with Crippen LogP contribution in [0.1, 0.15) is 34.8 Å². The van der Waals surface area contributed by atoms with Crippen LogP contribution in [0.5, 0.6) is 0 Å². The molecule has 0 saturated carbocycles. The van der Waals surface area contributed by atoms with Crippen LogP contribution in [0.25, 0.3) is 28.0 Å². The lowest BCUT2D eigenvalue weighted by Gasteiger charge is -2.16. The lowest BCUT2D eigenvalue weighted by molar-refractivity contribution is -0.116. The molecule has 7 nitrogen and oxygen atoms in total. The quantitative estimate of drug-likeness (QED) is 0.0926. The van der Waals surface area contributed by atoms with Gasteiger partial charge in [0, 0.05) is 27.1 Å². The zero-order valence-electron chi connectivity index (χ0n) is 27.1. The zero-order chi connectivity index (χ0) is 34.9. The van der Waals surface area contributed by atoms with Crippen molar-refractivity contribution < 1.29 is 14.4 Å². The molecule has 3 N–H and O–H groups in total. The highest BCUT2D eigenvalue weighted by Gasteiger charge is 2.22. The second kappa shape index (κ2) is 16.0. The molecule has 1 unspecified atom stereocenters. The number of fused-ring (bicyclic) bond motifs is 1. The Balaban J connectivity index is 1.20. The summed E-state index contributed by atoms with van der Waals surface area (Å²) in [5.74, 6) is -1.12. The summed E-state index contributed by atoms with van der Waals surface area (Å²) in [6, 6.07) is 41.5. The third kappa shape index (κ3) is 8.01. The summed E-state index contributed by atoms with van der Waals surface area (Å²) >= 11 is 2.70. The van der Waals surface area contributed by atoms with E-state index >= 15 is 0 Å². The van der Waals surface area contributed by atoms with Crippen molar-refractivity contribution in [3.05, 3.63) is 155 Å². The van der Waals surface area contributed by atoms with E-state index in [0.717, 1.165) is 32.4 Å². The van der Waals surface area contributed by atoms with E-state index in [1.807, 2.05) is 97.2 Å². The van der Waals surface area contributed by atoms with Gasteiger partial charge in [-0.25, -0.2) is 0 Å². The lowest BCUT2D eigenvalue weighted by atomic mass is 10.0. The number of carbonyl (C=O) groups excluding carboxylic acids is 3. The van der Waals surface area contributed by atoms with E-state index in [0.29, 0.717) is 28.2 Å². The molecule has 0 fully saturated rings. The molecule has 1 atom stereocenters. The average Bonchev–Trinajstić information content (AvgIpc) is 3.56. The van der Waals surface area contributed by atoms with Crippen LogP contribution in [0, 0.1) is 11.3 Å². The van der Waals surface area contributed by atoms with Gasteiger partial charge < -0.3 is 16.0 Å². The Morgan fingerprint density at radius 1 is 0.840 bits per heavy atom. The summed E-state index contributed by atoms with van der Waals surface area (Å²) in [4.78, 5) is 41.2. The normalized spacial score (nSPS) is 11.7. The zero-order valence-corrected chi connectivity index (χ0v) is 28.7. The van der Waals surface area contributed by atoms with Gasteiger partial charge in [-0.05, 0) is 64.7 Å². The highest BCUT2D eigenvalue weighted by molar-refractivity contribution is 8.00. The SMILES string of the molecule is CCC(Sc1cccc(NC(=O)/C(=C\c2cccc3ccccc23)NC(=O)c2ccccc2)c1)C(=O)Nc1scc(-c2ccccc2)c1C#N. The van der Waals surface area contributed by atoms with Crippen molar-refractivity contribution in [2.24, 2.45) is 0 Å². The van der Waals surface area contributed by atoms with Crippen LogP contribution < -0.4 is 16.0 Å². The van der Waals surface area contributed by atoms with Crippen LogP contribution in [-0.4, -0.2) is 23.0 Å². The average molecular weight is 693 g/mol. The van der Waals surface area contributed by atoms with Crippen molar-refractivity contribution in [1.29, 1.82) is 5.26 Å². The smallest absolute Gasteiger partial charge is 0.272 e. The van der Waals surface area contributed by atoms with Crippen molar-refractivity contribution in [3.63, 3.8) is 0 Å². The van der Waals surface area contributed by atoms with Gasteiger partial charge in [0.1, 0.15) is 16.8 Å². The van der Waals surface area contributed by atoms with Crippen molar-refractivity contribution in [2.75, 3.05) is 10.6 Å². The van der Waals surface area contributed by atoms with Crippen LogP contribution in [-0.2, 0) is 9.59 Å². The van der Waals surface area contributed by atoms with Crippen LogP contribution in [0.3, 0.4) is 0 Å². The largest absolute Gasteiger partial charge is 0.321 e. The number of thioether (sulfide) groups is 1. The van der Waals surface area contributed by atoms with Gasteiger partial charge in [0.2, 0.25) is 5.91 Å². The number of thiophene rings is 1. The second-order valence-electron chi connectivity index (χ2n) is 11.3. The number of rotatable bonds is 11. The van der Waals surface area contributed by atoms with Gasteiger partial charge in [-0.3, -0.25) is 14.4 Å². The summed E-state index contributed by atoms with van der Waals surface area (Å²) < 4.78 is 0. The molecule has 9 heteroatoms. The molecule has 3 amide bonds. The van der Waals surface area contributed by atoms with E-state index in [1.165, 1.54) is 23.1 Å². The van der Waals surface area contributed by atoms with E-state index in [2.05, 4.69) is 22.0 Å². The van der Waals surface area contributed by atoms with Crippen LogP contribution in [0.4, 0.5) is 10.7 Å². The molecule has 50 heavy (non-hydrogen) atoms. The topological polar surface area (TPSA) is 111 Å². The standard InChI is InChI=1S/C41H32N4O3S2/c1-2-37(40(48)45-41-34(25-42)35(26-49-41)28-13-5-3-6-14-28)50-32-21-12-20-31(24-32)43-39(47)36(44-38(46)29-16-7-4-8-17-29)23-30-19-11-18-27-15-9-10-22-33(27)30/h3-24,26,37H,2H2,1H3,(H,43,47)(H,44,46)(H,45,48)/b36-23+. The molecule has 0 aliphatic rings. The van der Waals surface area contributed by atoms with Gasteiger partial charge in [0.15, 0.2) is 0 Å². The molecule has 1 aromatic heterocycles. The minimum Gasteiger partial charge on any atom is -0.321 e. The molecule has 6 aromatic rings. The maximum Gasteiger partial charge on any atom is 0.272 e. The molecule has 0 radical (unpaired) electrons. The molecule has 0 aliphatic heterocycles. The van der Waals surface area contributed by atoms with Gasteiger partial charge in [0.05, 0.1) is 10.8 Å². The first-order valence-corrected chi connectivity index (χ1v) is 17.7. The molecular weight excluding hydrogens is 661 g/mol. The fourth-order valence-electron chi connectivity index (χ4n) is 5.39. The molecule has 246 valence electrons. The van der Waals surface area contributed by atoms with Crippen molar-refractivity contribution in [3.8, 4) is 17.2 Å². The van der Waals surface area contributed by atoms with Crippen LogP contribution >= 0.6 is 23.1 Å². The Hall–Kier alpha value is -5.95. The van der Waals surface area contributed by atoms with Crippen molar-refractivity contribution in [1.82, 2.24) is 5.32 Å². The van der Waals surface area contributed by atoms with E-state index in [-0.39, 0.29) is 11.6 Å². The number of carbonyl (C=O) groups is 3. The van der Waals surface area contributed by atoms with E-state index < -0.39 is 17.1 Å². The molecule has 0 spiro atoms. The van der Waals surface area contributed by atoms with Crippen LogP contribution in [0.2, 0.25) is 0 Å². The molecule has 5 aromatic carbocycles. The second-order valence-corrected chi connectivity index (χ2v) is 13.4. The number of anilines is 2. The summed E-state index contributed by atoms with van der Waals surface area (Å²) in [5.41, 5.74) is 3.92. The Morgan fingerprint density at radius 2 is 1.54 bits per heavy atom. The Morgan fingerprint density at radius 3 is 2.30 bits per heavy atom. The van der Waals surface area contributed by atoms with Gasteiger partial charge in [-0.2, -0.15) is 5.26 Å². The molecule has 0 saturated heterocycles. The highest BCUT2D eigenvalue weighted by atomic mass is 32.2. The summed E-state index contributed by atoms with van der Waals surface area (Å²) in [5, 5.41) is 22.5. The first-order chi connectivity index (χ1) is 24.4. The lowest BCUT2D eigenvalue weighted by Crippen LogP contribution is -2.30. The van der Waals surface area contributed by atoms with Gasteiger partial charge in [-0.15, -0.1) is 23.1 Å². The third-order valence-corrected chi connectivity index (χ3v) is 10.2. The third-order valence-electron chi connectivity index (χ3n) is 7.91. The number of hydrogen-bond donors (Lipinski definition) is 3. The summed E-state index contributed by atoms with van der Waals surface area (Å²) in [7, 11) is 0. The highest BCUT2D eigenvalue weighted by Crippen LogP contribution is 2.36. The van der Waals surface area contributed by atoms with Gasteiger partial charge in [0.25, 0.3) is 11.8 Å². The molecular formula is C41H32N4O3S2. The molecule has 6 rings (SSSR count). The van der Waals surface area contributed by atoms with E-state index in [1.54, 1.807) is 48.5 Å². The Bertz CT molecular complexity index is 2240. The van der Waals surface area contributed by atoms with Crippen molar-refractivity contribution >= 4 is 68.4 Å². The van der Waals surface area contributed by atoms with Gasteiger partial charge >= 0.3 is 0 Å². The predicted octanol–water partition coefficient (Wildman–Crippen LogP) is 9.36.